The first-order valence-electron chi connectivity index (χ1n) is 3.18. The summed E-state index contributed by atoms with van der Waals surface area (Å²) in [6.45, 7) is 0. The molecule has 0 saturated carbocycles. The van der Waals surface area contributed by atoms with Gasteiger partial charge in [-0.15, -0.1) is 0 Å². The summed E-state index contributed by atoms with van der Waals surface area (Å²) in [7, 11) is 0. The minimum absolute atomic E-state index is 0.314. The first kappa shape index (κ1) is 9.44. The lowest BCUT2D eigenvalue weighted by molar-refractivity contribution is -0.300. The number of carbonyl (C=O) groups is 1. The maximum absolute atomic E-state index is 10.3. The maximum atomic E-state index is 10.3. The van der Waals surface area contributed by atoms with Gasteiger partial charge in [-0.25, -0.2) is 0 Å². The molecule has 0 spiro atoms. The molecule has 0 aliphatic heterocycles. The van der Waals surface area contributed by atoms with Gasteiger partial charge in [0.25, 0.3) is 0 Å². The van der Waals surface area contributed by atoms with Crippen LogP contribution in [0, 0.1) is 0 Å². The van der Waals surface area contributed by atoms with E-state index in [1.165, 1.54) is 12.2 Å². The average Bonchev–Trinajstić information content (AvgIpc) is 2.00. The second-order valence-electron chi connectivity index (χ2n) is 2.35. The molecule has 4 nitrogen and oxygen atoms in total. The smallest absolute Gasteiger partial charge is 0.115 e. The van der Waals surface area contributed by atoms with Crippen molar-refractivity contribution in [2.75, 3.05) is 0 Å². The Labute approximate surface area is 77.0 Å². The van der Waals surface area contributed by atoms with Gasteiger partial charge in [0, 0.05) is 10.1 Å². The molecule has 2 atom stereocenters. The SMILES string of the molecule is O=C([O-])C1=CC=C(Br)[C@H](O)[C@@H]1O. The molecule has 1 rings (SSSR count). The van der Waals surface area contributed by atoms with E-state index < -0.39 is 18.2 Å². The van der Waals surface area contributed by atoms with Gasteiger partial charge < -0.3 is 20.1 Å². The van der Waals surface area contributed by atoms with Crippen molar-refractivity contribution in [3.63, 3.8) is 0 Å². The molecule has 0 aromatic heterocycles. The van der Waals surface area contributed by atoms with E-state index in [0.29, 0.717) is 4.48 Å². The minimum atomic E-state index is -1.47. The van der Waals surface area contributed by atoms with E-state index in [-0.39, 0.29) is 5.57 Å². The third kappa shape index (κ3) is 1.57. The van der Waals surface area contributed by atoms with Gasteiger partial charge in [-0.05, 0) is 6.08 Å². The van der Waals surface area contributed by atoms with Crippen LogP contribution in [0.5, 0.6) is 0 Å². The summed E-state index contributed by atoms with van der Waals surface area (Å²) in [5.41, 5.74) is -0.314. The highest BCUT2D eigenvalue weighted by molar-refractivity contribution is 9.11. The van der Waals surface area contributed by atoms with Crippen LogP contribution in [0.4, 0.5) is 0 Å². The number of carboxylic acid groups (broad SMARTS) is 1. The standard InChI is InChI=1S/C7H7BrO4/c8-4-2-1-3(7(11)12)5(9)6(4)10/h1-2,5-6,9-10H,(H,11,12)/p-1/t5-,6+/m1/s1. The molecule has 0 aromatic carbocycles. The number of aliphatic hydroxyl groups is 2. The van der Waals surface area contributed by atoms with Gasteiger partial charge in [-0.3, -0.25) is 0 Å². The fraction of sp³-hybridized carbons (Fsp3) is 0.286. The molecule has 2 N–H and O–H groups in total. The highest BCUT2D eigenvalue weighted by atomic mass is 79.9. The summed E-state index contributed by atoms with van der Waals surface area (Å²) < 4.78 is 0.347. The molecular weight excluding hydrogens is 228 g/mol. The first-order valence-corrected chi connectivity index (χ1v) is 3.98. The van der Waals surface area contributed by atoms with E-state index in [9.17, 15) is 9.90 Å². The van der Waals surface area contributed by atoms with Gasteiger partial charge in [0.1, 0.15) is 12.2 Å². The van der Waals surface area contributed by atoms with Gasteiger partial charge in [0.15, 0.2) is 0 Å². The monoisotopic (exact) mass is 233 g/mol. The normalized spacial score (nSPS) is 29.2. The molecular formula is C7H6BrO4-. The van der Waals surface area contributed by atoms with Crippen molar-refractivity contribution in [2.24, 2.45) is 0 Å². The molecule has 1 aliphatic carbocycles. The van der Waals surface area contributed by atoms with E-state index in [2.05, 4.69) is 15.9 Å². The second-order valence-corrected chi connectivity index (χ2v) is 3.27. The van der Waals surface area contributed by atoms with Crippen molar-refractivity contribution >= 4 is 21.9 Å². The van der Waals surface area contributed by atoms with Crippen molar-refractivity contribution in [2.45, 2.75) is 12.2 Å². The average molecular weight is 234 g/mol. The molecule has 66 valence electrons. The van der Waals surface area contributed by atoms with Gasteiger partial charge in [-0.1, -0.05) is 22.0 Å². The summed E-state index contributed by atoms with van der Waals surface area (Å²) in [6, 6.07) is 0. The molecule has 12 heavy (non-hydrogen) atoms. The largest absolute Gasteiger partial charge is 0.545 e. The molecule has 5 heteroatoms. The van der Waals surface area contributed by atoms with Gasteiger partial charge in [0.2, 0.25) is 0 Å². The maximum Gasteiger partial charge on any atom is 0.115 e. The topological polar surface area (TPSA) is 80.6 Å². The molecule has 0 unspecified atom stereocenters. The molecule has 1 aliphatic rings. The van der Waals surface area contributed by atoms with Crippen LogP contribution in [0.1, 0.15) is 0 Å². The Morgan fingerprint density at radius 1 is 1.42 bits per heavy atom. The summed E-state index contributed by atoms with van der Waals surface area (Å²) in [5, 5.41) is 28.7. The van der Waals surface area contributed by atoms with Crippen LogP contribution in [0.3, 0.4) is 0 Å². The zero-order chi connectivity index (χ0) is 9.30. The Kier molecular flexibility index (Phi) is 2.66. The lowest BCUT2D eigenvalue weighted by Gasteiger charge is -2.24. The van der Waals surface area contributed by atoms with Crippen LogP contribution in [0.15, 0.2) is 22.2 Å². The number of carboxylic acids is 1. The summed E-state index contributed by atoms with van der Waals surface area (Å²) in [4.78, 5) is 10.3. The van der Waals surface area contributed by atoms with Gasteiger partial charge in [-0.2, -0.15) is 0 Å². The van der Waals surface area contributed by atoms with E-state index in [1.54, 1.807) is 0 Å². The van der Waals surface area contributed by atoms with Crippen molar-refractivity contribution in [3.8, 4) is 0 Å². The van der Waals surface area contributed by atoms with Crippen molar-refractivity contribution < 1.29 is 20.1 Å². The first-order chi connectivity index (χ1) is 5.54. The summed E-state index contributed by atoms with van der Waals surface area (Å²) in [6.07, 6.45) is -0.0865. The number of allylic oxidation sites excluding steroid dienone is 2. The Bertz CT molecular complexity index is 269. The van der Waals surface area contributed by atoms with Crippen LogP contribution in [-0.4, -0.2) is 28.4 Å². The van der Waals surface area contributed by atoms with E-state index in [1.807, 2.05) is 0 Å². The van der Waals surface area contributed by atoms with Crippen molar-refractivity contribution in [1.29, 1.82) is 0 Å². The number of carbonyl (C=O) groups excluding carboxylic acids is 1. The number of aliphatic carboxylic acids is 1. The molecule has 0 heterocycles. The molecule has 0 aromatic rings. The van der Waals surface area contributed by atoms with Crippen LogP contribution in [0.25, 0.3) is 0 Å². The van der Waals surface area contributed by atoms with Crippen molar-refractivity contribution in [1.82, 2.24) is 0 Å². The zero-order valence-corrected chi connectivity index (χ0v) is 7.48. The number of aliphatic hydroxyl groups excluding tert-OH is 2. The molecule has 0 radical (unpaired) electrons. The Morgan fingerprint density at radius 3 is 2.50 bits per heavy atom. The highest BCUT2D eigenvalue weighted by Gasteiger charge is 2.26. The Hall–Kier alpha value is -0.650. The minimum Gasteiger partial charge on any atom is -0.545 e. The lowest BCUT2D eigenvalue weighted by Crippen LogP contribution is -2.38. The van der Waals surface area contributed by atoms with Crippen LogP contribution < -0.4 is 5.11 Å². The van der Waals surface area contributed by atoms with E-state index in [4.69, 9.17) is 10.2 Å². The number of hydrogen-bond acceptors (Lipinski definition) is 4. The fourth-order valence-corrected chi connectivity index (χ4v) is 1.26. The molecule has 0 saturated heterocycles. The molecule has 0 fully saturated rings. The van der Waals surface area contributed by atoms with Gasteiger partial charge >= 0.3 is 0 Å². The van der Waals surface area contributed by atoms with E-state index in [0.717, 1.165) is 0 Å². The number of halogens is 1. The lowest BCUT2D eigenvalue weighted by atomic mass is 9.99. The fourth-order valence-electron chi connectivity index (χ4n) is 0.876. The quantitative estimate of drug-likeness (QED) is 0.589. The molecule has 0 amide bonds. The summed E-state index contributed by atoms with van der Waals surface area (Å²) in [5.74, 6) is -1.47. The van der Waals surface area contributed by atoms with Crippen LogP contribution in [0.2, 0.25) is 0 Å². The molecule has 0 bridgehead atoms. The van der Waals surface area contributed by atoms with Crippen LogP contribution in [-0.2, 0) is 4.79 Å². The van der Waals surface area contributed by atoms with Crippen molar-refractivity contribution in [3.05, 3.63) is 22.2 Å². The second kappa shape index (κ2) is 3.38. The third-order valence-electron chi connectivity index (χ3n) is 1.56. The number of rotatable bonds is 1. The predicted octanol–water partition coefficient (Wildman–Crippen LogP) is -1.32. The Morgan fingerprint density at radius 2 is 2.00 bits per heavy atom. The third-order valence-corrected chi connectivity index (χ3v) is 2.29. The predicted molar refractivity (Wildman–Crippen MR) is 42.1 cm³/mol. The van der Waals surface area contributed by atoms with E-state index >= 15 is 0 Å². The van der Waals surface area contributed by atoms with Gasteiger partial charge in [0.05, 0.1) is 5.97 Å². The number of hydrogen-bond donors (Lipinski definition) is 2. The summed E-state index contributed by atoms with van der Waals surface area (Å²) >= 11 is 2.96. The zero-order valence-electron chi connectivity index (χ0n) is 5.90. The Balaban J connectivity index is 2.97. The highest BCUT2D eigenvalue weighted by Crippen LogP contribution is 2.23. The van der Waals surface area contributed by atoms with Crippen LogP contribution >= 0.6 is 15.9 Å².